The average molecular weight is 304 g/mol. The fraction of sp³-hybridized carbons (Fsp3) is 0.100. The van der Waals surface area contributed by atoms with Crippen LogP contribution in [-0.4, -0.2) is 14.2 Å². The highest BCUT2D eigenvalue weighted by molar-refractivity contribution is 5.92. The van der Waals surface area contributed by atoms with Crippen molar-refractivity contribution in [1.82, 2.24) is 0 Å². The SMILES string of the molecule is COc1cc2c(cc1OC)-c1ccccc1Oc1ccccc1-2. The van der Waals surface area contributed by atoms with E-state index in [9.17, 15) is 0 Å². The Hall–Kier alpha value is -2.94. The molecular formula is C20H16O3. The minimum absolute atomic E-state index is 0.709. The number of methoxy groups -OCH3 is 2. The van der Waals surface area contributed by atoms with Crippen LogP contribution in [-0.2, 0) is 0 Å². The molecule has 0 saturated carbocycles. The zero-order valence-electron chi connectivity index (χ0n) is 13.0. The maximum Gasteiger partial charge on any atom is 0.161 e. The highest BCUT2D eigenvalue weighted by atomic mass is 16.5. The van der Waals surface area contributed by atoms with Gasteiger partial charge in [-0.05, 0) is 35.4 Å². The summed E-state index contributed by atoms with van der Waals surface area (Å²) in [6.07, 6.45) is 0. The van der Waals surface area contributed by atoms with Gasteiger partial charge in [-0.25, -0.2) is 0 Å². The molecule has 3 aromatic rings. The van der Waals surface area contributed by atoms with E-state index in [1.807, 2.05) is 48.5 Å². The molecule has 0 saturated heterocycles. The smallest absolute Gasteiger partial charge is 0.161 e. The number of fused-ring (bicyclic) bond motifs is 5. The second-order valence-electron chi connectivity index (χ2n) is 5.35. The number of benzene rings is 3. The molecule has 0 unspecified atom stereocenters. The Bertz CT molecular complexity index is 811. The lowest BCUT2D eigenvalue weighted by Crippen LogP contribution is -1.93. The Morgan fingerprint density at radius 2 is 1.04 bits per heavy atom. The van der Waals surface area contributed by atoms with Crippen LogP contribution >= 0.6 is 0 Å². The van der Waals surface area contributed by atoms with Gasteiger partial charge in [0.05, 0.1) is 14.2 Å². The molecule has 1 heterocycles. The van der Waals surface area contributed by atoms with Crippen LogP contribution in [0.2, 0.25) is 0 Å². The summed E-state index contributed by atoms with van der Waals surface area (Å²) in [5.41, 5.74) is 4.23. The van der Waals surface area contributed by atoms with Crippen molar-refractivity contribution in [2.75, 3.05) is 14.2 Å². The second-order valence-corrected chi connectivity index (χ2v) is 5.35. The summed E-state index contributed by atoms with van der Waals surface area (Å²) >= 11 is 0. The average Bonchev–Trinajstić information content (AvgIpc) is 2.74. The number of ether oxygens (including phenoxy) is 3. The molecule has 0 atom stereocenters. The van der Waals surface area contributed by atoms with Crippen LogP contribution in [0.4, 0.5) is 0 Å². The number of para-hydroxylation sites is 2. The predicted molar refractivity (Wildman–Crippen MR) is 90.5 cm³/mol. The zero-order chi connectivity index (χ0) is 15.8. The van der Waals surface area contributed by atoms with Gasteiger partial charge in [0.1, 0.15) is 11.5 Å². The highest BCUT2D eigenvalue weighted by Crippen LogP contribution is 2.49. The van der Waals surface area contributed by atoms with Crippen molar-refractivity contribution < 1.29 is 14.2 Å². The Kier molecular flexibility index (Phi) is 3.19. The predicted octanol–water partition coefficient (Wildman–Crippen LogP) is 5.14. The Labute approximate surface area is 135 Å². The van der Waals surface area contributed by atoms with E-state index < -0.39 is 0 Å². The van der Waals surface area contributed by atoms with E-state index in [1.54, 1.807) is 14.2 Å². The van der Waals surface area contributed by atoms with Crippen molar-refractivity contribution in [2.24, 2.45) is 0 Å². The topological polar surface area (TPSA) is 27.7 Å². The summed E-state index contributed by atoms with van der Waals surface area (Å²) in [7, 11) is 3.30. The fourth-order valence-electron chi connectivity index (χ4n) is 3.00. The van der Waals surface area contributed by atoms with Gasteiger partial charge in [-0.3, -0.25) is 0 Å². The van der Waals surface area contributed by atoms with Crippen molar-refractivity contribution in [3.05, 3.63) is 60.7 Å². The van der Waals surface area contributed by atoms with Crippen LogP contribution in [0.3, 0.4) is 0 Å². The lowest BCUT2D eigenvalue weighted by atomic mass is 9.94. The standard InChI is InChI=1S/C20H16O3/c1-21-19-11-15-13-7-3-5-9-17(13)23-18-10-6-4-8-14(18)16(15)12-20(19)22-2/h3-12H,1-2H3. The molecule has 0 radical (unpaired) electrons. The molecule has 1 aliphatic rings. The highest BCUT2D eigenvalue weighted by Gasteiger charge is 2.22. The monoisotopic (exact) mass is 304 g/mol. The van der Waals surface area contributed by atoms with Crippen molar-refractivity contribution in [3.63, 3.8) is 0 Å². The number of hydrogen-bond acceptors (Lipinski definition) is 3. The molecule has 3 aromatic carbocycles. The summed E-state index contributed by atoms with van der Waals surface area (Å²) in [6.45, 7) is 0. The molecule has 4 rings (SSSR count). The summed E-state index contributed by atoms with van der Waals surface area (Å²) < 4.78 is 17.1. The molecule has 0 aromatic heterocycles. The van der Waals surface area contributed by atoms with Gasteiger partial charge in [0, 0.05) is 11.1 Å². The molecule has 23 heavy (non-hydrogen) atoms. The molecule has 0 aliphatic carbocycles. The second kappa shape index (κ2) is 5.36. The third-order valence-electron chi connectivity index (χ3n) is 4.10. The van der Waals surface area contributed by atoms with Crippen molar-refractivity contribution in [2.45, 2.75) is 0 Å². The van der Waals surface area contributed by atoms with Gasteiger partial charge < -0.3 is 14.2 Å². The van der Waals surface area contributed by atoms with Crippen molar-refractivity contribution in [1.29, 1.82) is 0 Å². The third kappa shape index (κ3) is 2.13. The first-order chi connectivity index (χ1) is 11.3. The normalized spacial score (nSPS) is 11.4. The largest absolute Gasteiger partial charge is 0.493 e. The zero-order valence-corrected chi connectivity index (χ0v) is 13.0. The van der Waals surface area contributed by atoms with Crippen LogP contribution < -0.4 is 14.2 Å². The summed E-state index contributed by atoms with van der Waals surface area (Å²) in [5, 5.41) is 0. The van der Waals surface area contributed by atoms with Crippen LogP contribution in [0, 0.1) is 0 Å². The van der Waals surface area contributed by atoms with E-state index >= 15 is 0 Å². The van der Waals surface area contributed by atoms with Gasteiger partial charge in [0.25, 0.3) is 0 Å². The molecule has 0 fully saturated rings. The van der Waals surface area contributed by atoms with E-state index in [1.165, 1.54) is 0 Å². The maximum atomic E-state index is 6.15. The van der Waals surface area contributed by atoms with Crippen LogP contribution in [0.15, 0.2) is 60.7 Å². The first-order valence-corrected chi connectivity index (χ1v) is 7.44. The molecule has 114 valence electrons. The minimum Gasteiger partial charge on any atom is -0.493 e. The van der Waals surface area contributed by atoms with Crippen LogP contribution in [0.25, 0.3) is 22.3 Å². The van der Waals surface area contributed by atoms with Gasteiger partial charge in [-0.2, -0.15) is 0 Å². The first-order valence-electron chi connectivity index (χ1n) is 7.44. The Morgan fingerprint density at radius 3 is 1.48 bits per heavy atom. The quantitative estimate of drug-likeness (QED) is 0.513. The number of rotatable bonds is 2. The molecule has 0 N–H and O–H groups in total. The Balaban J connectivity index is 2.10. The third-order valence-corrected chi connectivity index (χ3v) is 4.10. The Morgan fingerprint density at radius 1 is 0.609 bits per heavy atom. The minimum atomic E-state index is 0.709. The van der Waals surface area contributed by atoms with Gasteiger partial charge in [0.15, 0.2) is 11.5 Å². The molecular weight excluding hydrogens is 288 g/mol. The maximum absolute atomic E-state index is 6.15. The van der Waals surface area contributed by atoms with Crippen molar-refractivity contribution in [3.8, 4) is 45.3 Å². The van der Waals surface area contributed by atoms with Crippen molar-refractivity contribution >= 4 is 0 Å². The van der Waals surface area contributed by atoms with Gasteiger partial charge >= 0.3 is 0 Å². The fourth-order valence-corrected chi connectivity index (χ4v) is 3.00. The van der Waals surface area contributed by atoms with Crippen LogP contribution in [0.1, 0.15) is 0 Å². The molecule has 0 bridgehead atoms. The number of hydrogen-bond donors (Lipinski definition) is 0. The lowest BCUT2D eigenvalue weighted by molar-refractivity contribution is 0.355. The van der Waals surface area contributed by atoms with E-state index in [0.717, 1.165) is 33.8 Å². The molecule has 1 aliphatic heterocycles. The first kappa shape index (κ1) is 13.7. The van der Waals surface area contributed by atoms with Gasteiger partial charge in [0.2, 0.25) is 0 Å². The summed E-state index contributed by atoms with van der Waals surface area (Å²) in [5.74, 6) is 3.10. The molecule has 3 nitrogen and oxygen atoms in total. The summed E-state index contributed by atoms with van der Waals surface area (Å²) in [6, 6.07) is 20.1. The van der Waals surface area contributed by atoms with Crippen LogP contribution in [0.5, 0.6) is 23.0 Å². The molecule has 0 spiro atoms. The van der Waals surface area contributed by atoms with Gasteiger partial charge in [-0.1, -0.05) is 36.4 Å². The molecule has 0 amide bonds. The lowest BCUT2D eigenvalue weighted by Gasteiger charge is -2.14. The van der Waals surface area contributed by atoms with Gasteiger partial charge in [-0.15, -0.1) is 0 Å². The van der Waals surface area contributed by atoms with E-state index in [2.05, 4.69) is 12.1 Å². The molecule has 3 heteroatoms. The van der Waals surface area contributed by atoms with E-state index in [4.69, 9.17) is 14.2 Å². The van der Waals surface area contributed by atoms with E-state index in [-0.39, 0.29) is 0 Å². The summed E-state index contributed by atoms with van der Waals surface area (Å²) in [4.78, 5) is 0. The van der Waals surface area contributed by atoms with E-state index in [0.29, 0.717) is 11.5 Å².